The van der Waals surface area contributed by atoms with Gasteiger partial charge in [-0.3, -0.25) is 0 Å². The van der Waals surface area contributed by atoms with Crippen LogP contribution in [0.1, 0.15) is 69.0 Å². The van der Waals surface area contributed by atoms with E-state index in [0.717, 1.165) is 5.92 Å². The third-order valence-electron chi connectivity index (χ3n) is 5.34. The average Bonchev–Trinajstić information content (AvgIpc) is 3.26. The van der Waals surface area contributed by atoms with Gasteiger partial charge in [-0.15, -0.1) is 0 Å². The number of benzene rings is 1. The SMILES string of the molecule is Cc1ccc(C(NCC2(C)CCCCC2)C2CC2)cc1. The van der Waals surface area contributed by atoms with Gasteiger partial charge in [0, 0.05) is 12.6 Å². The predicted molar refractivity (Wildman–Crippen MR) is 85.8 cm³/mol. The van der Waals surface area contributed by atoms with Crippen LogP contribution in [0, 0.1) is 18.3 Å². The molecule has 2 aliphatic carbocycles. The second kappa shape index (κ2) is 5.89. The summed E-state index contributed by atoms with van der Waals surface area (Å²) in [5, 5.41) is 3.93. The van der Waals surface area contributed by atoms with Crippen molar-refractivity contribution in [2.24, 2.45) is 11.3 Å². The maximum atomic E-state index is 3.93. The zero-order valence-electron chi connectivity index (χ0n) is 13.1. The van der Waals surface area contributed by atoms with Gasteiger partial charge in [-0.05, 0) is 49.5 Å². The molecule has 20 heavy (non-hydrogen) atoms. The van der Waals surface area contributed by atoms with E-state index in [4.69, 9.17) is 0 Å². The summed E-state index contributed by atoms with van der Waals surface area (Å²) in [6.07, 6.45) is 9.92. The van der Waals surface area contributed by atoms with Crippen LogP contribution in [0.25, 0.3) is 0 Å². The molecular formula is C19H29N. The standard InChI is InChI=1S/C19H29N/c1-15-6-8-16(9-7-15)18(17-10-11-17)20-14-19(2)12-4-3-5-13-19/h6-9,17-18,20H,3-5,10-14H2,1-2H3. The molecule has 1 aromatic carbocycles. The Bertz CT molecular complexity index is 424. The molecule has 1 N–H and O–H groups in total. The van der Waals surface area contributed by atoms with Crippen LogP contribution in [0.3, 0.4) is 0 Å². The lowest BCUT2D eigenvalue weighted by molar-refractivity contribution is 0.197. The number of hydrogen-bond acceptors (Lipinski definition) is 1. The van der Waals surface area contributed by atoms with Crippen molar-refractivity contribution in [2.75, 3.05) is 6.54 Å². The molecule has 1 aromatic rings. The van der Waals surface area contributed by atoms with Crippen LogP contribution in [0.2, 0.25) is 0 Å². The first-order valence-electron chi connectivity index (χ1n) is 8.46. The van der Waals surface area contributed by atoms with E-state index in [0.29, 0.717) is 11.5 Å². The summed E-state index contributed by atoms with van der Waals surface area (Å²) in [6, 6.07) is 9.77. The van der Waals surface area contributed by atoms with Gasteiger partial charge in [0.05, 0.1) is 0 Å². The van der Waals surface area contributed by atoms with Crippen molar-refractivity contribution in [1.29, 1.82) is 0 Å². The number of hydrogen-bond donors (Lipinski definition) is 1. The normalized spacial score (nSPS) is 23.5. The summed E-state index contributed by atoms with van der Waals surface area (Å²) >= 11 is 0. The van der Waals surface area contributed by atoms with Gasteiger partial charge in [0.1, 0.15) is 0 Å². The lowest BCUT2D eigenvalue weighted by Gasteiger charge is -2.35. The Kier molecular flexibility index (Phi) is 4.16. The van der Waals surface area contributed by atoms with Crippen LogP contribution in [-0.4, -0.2) is 6.54 Å². The lowest BCUT2D eigenvalue weighted by atomic mass is 9.75. The summed E-state index contributed by atoms with van der Waals surface area (Å²) in [7, 11) is 0. The molecule has 1 unspecified atom stereocenters. The van der Waals surface area contributed by atoms with Gasteiger partial charge in [-0.1, -0.05) is 56.0 Å². The lowest BCUT2D eigenvalue weighted by Crippen LogP contribution is -2.36. The van der Waals surface area contributed by atoms with Crippen molar-refractivity contribution in [3.05, 3.63) is 35.4 Å². The Labute approximate surface area is 124 Å². The van der Waals surface area contributed by atoms with Gasteiger partial charge >= 0.3 is 0 Å². The van der Waals surface area contributed by atoms with Gasteiger partial charge in [0.2, 0.25) is 0 Å². The number of rotatable bonds is 5. The summed E-state index contributed by atoms with van der Waals surface area (Å²) in [6.45, 7) is 5.85. The highest BCUT2D eigenvalue weighted by atomic mass is 14.9. The molecule has 1 nitrogen and oxygen atoms in total. The van der Waals surface area contributed by atoms with E-state index >= 15 is 0 Å². The van der Waals surface area contributed by atoms with Crippen molar-refractivity contribution >= 4 is 0 Å². The average molecular weight is 271 g/mol. The highest BCUT2D eigenvalue weighted by molar-refractivity contribution is 5.25. The van der Waals surface area contributed by atoms with E-state index in [-0.39, 0.29) is 0 Å². The van der Waals surface area contributed by atoms with Crippen molar-refractivity contribution in [3.8, 4) is 0 Å². The topological polar surface area (TPSA) is 12.0 Å². The molecule has 2 saturated carbocycles. The Morgan fingerprint density at radius 1 is 1.10 bits per heavy atom. The van der Waals surface area contributed by atoms with Crippen LogP contribution in [0.5, 0.6) is 0 Å². The Morgan fingerprint density at radius 3 is 2.35 bits per heavy atom. The highest BCUT2D eigenvalue weighted by Crippen LogP contribution is 2.42. The number of nitrogens with one attached hydrogen (secondary N) is 1. The van der Waals surface area contributed by atoms with Crippen molar-refractivity contribution in [3.63, 3.8) is 0 Å². The van der Waals surface area contributed by atoms with Crippen LogP contribution < -0.4 is 5.32 Å². The Balaban J connectivity index is 1.64. The molecule has 0 heterocycles. The monoisotopic (exact) mass is 271 g/mol. The number of aryl methyl sites for hydroxylation is 1. The zero-order chi connectivity index (χ0) is 14.0. The minimum absolute atomic E-state index is 0.538. The molecule has 0 radical (unpaired) electrons. The van der Waals surface area contributed by atoms with E-state index in [1.54, 1.807) is 0 Å². The molecule has 0 spiro atoms. The molecule has 110 valence electrons. The maximum Gasteiger partial charge on any atom is 0.0348 e. The Hall–Kier alpha value is -0.820. The van der Waals surface area contributed by atoms with Crippen molar-refractivity contribution in [2.45, 2.75) is 64.8 Å². The first kappa shape index (κ1) is 14.1. The molecule has 2 aliphatic rings. The molecule has 3 rings (SSSR count). The Morgan fingerprint density at radius 2 is 1.75 bits per heavy atom. The minimum Gasteiger partial charge on any atom is -0.309 e. The van der Waals surface area contributed by atoms with E-state index in [1.165, 1.54) is 62.6 Å². The first-order chi connectivity index (χ1) is 9.66. The predicted octanol–water partition coefficient (Wildman–Crippen LogP) is 5.01. The van der Waals surface area contributed by atoms with Gasteiger partial charge in [0.15, 0.2) is 0 Å². The largest absolute Gasteiger partial charge is 0.309 e. The molecule has 1 atom stereocenters. The summed E-state index contributed by atoms with van der Waals surface area (Å²) in [5.41, 5.74) is 3.40. The first-order valence-corrected chi connectivity index (χ1v) is 8.46. The van der Waals surface area contributed by atoms with E-state index in [2.05, 4.69) is 43.4 Å². The third kappa shape index (κ3) is 3.44. The van der Waals surface area contributed by atoms with Crippen LogP contribution in [0.4, 0.5) is 0 Å². The van der Waals surface area contributed by atoms with Gasteiger partial charge in [0.25, 0.3) is 0 Å². The molecule has 2 fully saturated rings. The second-order valence-electron chi connectivity index (χ2n) is 7.48. The van der Waals surface area contributed by atoms with Gasteiger partial charge < -0.3 is 5.32 Å². The molecule has 0 bridgehead atoms. The van der Waals surface area contributed by atoms with Crippen molar-refractivity contribution < 1.29 is 0 Å². The second-order valence-corrected chi connectivity index (χ2v) is 7.48. The van der Waals surface area contributed by atoms with E-state index in [9.17, 15) is 0 Å². The van der Waals surface area contributed by atoms with E-state index in [1.807, 2.05) is 0 Å². The van der Waals surface area contributed by atoms with Gasteiger partial charge in [-0.25, -0.2) is 0 Å². The van der Waals surface area contributed by atoms with Crippen LogP contribution in [0.15, 0.2) is 24.3 Å². The van der Waals surface area contributed by atoms with Crippen LogP contribution >= 0.6 is 0 Å². The fraction of sp³-hybridized carbons (Fsp3) is 0.684. The third-order valence-corrected chi connectivity index (χ3v) is 5.34. The smallest absolute Gasteiger partial charge is 0.0348 e. The molecule has 0 amide bonds. The van der Waals surface area contributed by atoms with Crippen molar-refractivity contribution in [1.82, 2.24) is 5.32 Å². The molecule has 1 heteroatoms. The van der Waals surface area contributed by atoms with Gasteiger partial charge in [-0.2, -0.15) is 0 Å². The molecular weight excluding hydrogens is 242 g/mol. The molecule has 0 aliphatic heterocycles. The molecule has 0 aromatic heterocycles. The quantitative estimate of drug-likeness (QED) is 0.794. The summed E-state index contributed by atoms with van der Waals surface area (Å²) in [5.74, 6) is 0.880. The fourth-order valence-corrected chi connectivity index (χ4v) is 3.70. The zero-order valence-corrected chi connectivity index (χ0v) is 13.1. The fourth-order valence-electron chi connectivity index (χ4n) is 3.70. The maximum absolute atomic E-state index is 3.93. The summed E-state index contributed by atoms with van der Waals surface area (Å²) < 4.78 is 0. The van der Waals surface area contributed by atoms with Crippen LogP contribution in [-0.2, 0) is 0 Å². The molecule has 0 saturated heterocycles. The highest BCUT2D eigenvalue weighted by Gasteiger charge is 2.34. The minimum atomic E-state index is 0.538. The van der Waals surface area contributed by atoms with E-state index < -0.39 is 0 Å². The summed E-state index contributed by atoms with van der Waals surface area (Å²) in [4.78, 5) is 0.